The first-order valence-electron chi connectivity index (χ1n) is 10.3. The summed E-state index contributed by atoms with van der Waals surface area (Å²) in [6.07, 6.45) is 0.937. The highest BCUT2D eigenvalue weighted by molar-refractivity contribution is 9.10. The minimum Gasteiger partial charge on any atom is -0.493 e. The van der Waals surface area contributed by atoms with Crippen molar-refractivity contribution < 1.29 is 17.9 Å². The maximum Gasteiger partial charge on any atom is 0.417 e. The second-order valence-corrected chi connectivity index (χ2v) is 8.84. The summed E-state index contributed by atoms with van der Waals surface area (Å²) in [4.78, 5) is 12.6. The Kier molecular flexibility index (Phi) is 6.48. The molecule has 0 saturated carbocycles. The number of rotatable bonds is 5. The van der Waals surface area contributed by atoms with E-state index in [0.717, 1.165) is 12.3 Å². The molecular weight excluding hydrogens is 535 g/mol. The van der Waals surface area contributed by atoms with Gasteiger partial charge in [0, 0.05) is 52.4 Å². The zero-order valence-corrected chi connectivity index (χ0v) is 20.8. The van der Waals surface area contributed by atoms with E-state index in [-0.39, 0.29) is 11.5 Å². The number of pyridine rings is 1. The van der Waals surface area contributed by atoms with Crippen LogP contribution >= 0.6 is 27.5 Å². The van der Waals surface area contributed by atoms with Crippen LogP contribution < -0.4 is 10.5 Å². The Balaban J connectivity index is 1.97. The summed E-state index contributed by atoms with van der Waals surface area (Å²) in [5.41, 5.74) is 7.76. The predicted octanol–water partition coefficient (Wildman–Crippen LogP) is 6.67. The van der Waals surface area contributed by atoms with Crippen LogP contribution in [0.25, 0.3) is 16.6 Å². The molecule has 0 saturated heterocycles. The number of imidazole rings is 1. The van der Waals surface area contributed by atoms with Gasteiger partial charge in [-0.1, -0.05) is 18.5 Å². The summed E-state index contributed by atoms with van der Waals surface area (Å²) in [6, 6.07) is 2.81. The highest BCUT2D eigenvalue weighted by Crippen LogP contribution is 2.45. The summed E-state index contributed by atoms with van der Waals surface area (Å²) in [7, 11) is 0. The number of benzene rings is 1. The Labute approximate surface area is 207 Å². The SMILES string of the molecule is CCOc1c(C(C)c2nc(Br)c3c(N)nccn23)cc(Cl)c(C)c1-c1cncc(C(F)(F)F)c1. The fraction of sp³-hybridized carbons (Fsp3) is 0.261. The van der Waals surface area contributed by atoms with Crippen LogP contribution in [0, 0.1) is 6.92 Å². The van der Waals surface area contributed by atoms with Gasteiger partial charge in [0.05, 0.1) is 12.2 Å². The van der Waals surface area contributed by atoms with Gasteiger partial charge in [-0.2, -0.15) is 13.2 Å². The van der Waals surface area contributed by atoms with E-state index >= 15 is 0 Å². The molecule has 4 aromatic rings. The first kappa shape index (κ1) is 24.3. The van der Waals surface area contributed by atoms with Gasteiger partial charge in [0.2, 0.25) is 0 Å². The average Bonchev–Trinajstić information content (AvgIpc) is 3.13. The van der Waals surface area contributed by atoms with Crippen molar-refractivity contribution in [2.24, 2.45) is 0 Å². The second kappa shape index (κ2) is 9.07. The molecule has 0 spiro atoms. The van der Waals surface area contributed by atoms with Gasteiger partial charge in [-0.05, 0) is 47.5 Å². The molecule has 0 fully saturated rings. The van der Waals surface area contributed by atoms with Crippen molar-refractivity contribution in [2.75, 3.05) is 12.3 Å². The molecule has 11 heteroatoms. The number of halogens is 5. The summed E-state index contributed by atoms with van der Waals surface area (Å²) >= 11 is 10.0. The molecule has 0 aliphatic rings. The Morgan fingerprint density at radius 1 is 1.26 bits per heavy atom. The number of ether oxygens (including phenoxy) is 1. The van der Waals surface area contributed by atoms with Gasteiger partial charge in [-0.3, -0.25) is 9.38 Å². The highest BCUT2D eigenvalue weighted by atomic mass is 79.9. The van der Waals surface area contributed by atoms with E-state index in [1.807, 2.05) is 11.3 Å². The fourth-order valence-corrected chi connectivity index (χ4v) is 4.72. The number of hydrogen-bond acceptors (Lipinski definition) is 5. The van der Waals surface area contributed by atoms with E-state index in [9.17, 15) is 13.2 Å². The average molecular weight is 555 g/mol. The summed E-state index contributed by atoms with van der Waals surface area (Å²) in [5.74, 6) is 0.999. The van der Waals surface area contributed by atoms with Crippen LogP contribution in [0.15, 0.2) is 41.5 Å². The molecule has 0 aliphatic heterocycles. The van der Waals surface area contributed by atoms with E-state index in [4.69, 9.17) is 22.1 Å². The number of fused-ring (bicyclic) bond motifs is 1. The molecule has 4 rings (SSSR count). The summed E-state index contributed by atoms with van der Waals surface area (Å²) in [5, 5.41) is 0.388. The third-order valence-corrected chi connectivity index (χ3v) is 6.51. The molecule has 1 aromatic carbocycles. The van der Waals surface area contributed by atoms with Crippen molar-refractivity contribution >= 4 is 38.9 Å². The van der Waals surface area contributed by atoms with Crippen LogP contribution in [0.5, 0.6) is 5.75 Å². The smallest absolute Gasteiger partial charge is 0.417 e. The van der Waals surface area contributed by atoms with Crippen molar-refractivity contribution in [1.82, 2.24) is 19.4 Å². The number of anilines is 1. The molecule has 0 aliphatic carbocycles. The standard InChI is InChI=1S/C23H20BrClF3N5O/c1-4-34-19-15(11(2)22-32-20(24)18-21(29)31-5-6-33(18)22)8-16(25)12(3)17(19)13-7-14(10-30-9-13)23(26,27)28/h5-11H,4H2,1-3H3,(H2,29,31). The van der Waals surface area contributed by atoms with Crippen LogP contribution in [0.2, 0.25) is 5.02 Å². The topological polar surface area (TPSA) is 78.3 Å². The maximum absolute atomic E-state index is 13.4. The number of nitrogen functional groups attached to an aromatic ring is 1. The molecule has 178 valence electrons. The van der Waals surface area contributed by atoms with Crippen LogP contribution in [0.1, 0.15) is 42.3 Å². The van der Waals surface area contributed by atoms with E-state index in [2.05, 4.69) is 30.9 Å². The highest BCUT2D eigenvalue weighted by Gasteiger charge is 2.32. The molecule has 2 N–H and O–H groups in total. The zero-order valence-electron chi connectivity index (χ0n) is 18.4. The Morgan fingerprint density at radius 2 is 2.00 bits per heavy atom. The molecule has 3 aromatic heterocycles. The third kappa shape index (κ3) is 4.20. The second-order valence-electron chi connectivity index (χ2n) is 7.68. The fourth-order valence-electron chi connectivity index (χ4n) is 3.93. The monoisotopic (exact) mass is 553 g/mol. The normalized spacial score (nSPS) is 12.8. The van der Waals surface area contributed by atoms with Crippen molar-refractivity contribution in [3.05, 3.63) is 69.1 Å². The Bertz CT molecular complexity index is 1390. The van der Waals surface area contributed by atoms with Gasteiger partial charge in [0.25, 0.3) is 0 Å². The lowest BCUT2D eigenvalue weighted by atomic mass is 9.91. The number of nitrogens with zero attached hydrogens (tertiary/aromatic N) is 4. The van der Waals surface area contributed by atoms with Crippen LogP contribution in [0.4, 0.5) is 19.0 Å². The molecule has 0 bridgehead atoms. The third-order valence-electron chi connectivity index (χ3n) is 5.57. The Hall–Kier alpha value is -2.85. The minimum absolute atomic E-state index is 0.259. The molecular formula is C23H20BrClF3N5O. The zero-order chi connectivity index (χ0) is 24.8. The molecule has 0 radical (unpaired) electrons. The first-order chi connectivity index (χ1) is 16.0. The largest absolute Gasteiger partial charge is 0.493 e. The van der Waals surface area contributed by atoms with Gasteiger partial charge >= 0.3 is 6.18 Å². The quantitative estimate of drug-likeness (QED) is 0.298. The van der Waals surface area contributed by atoms with Crippen molar-refractivity contribution in [1.29, 1.82) is 0 Å². The van der Waals surface area contributed by atoms with Gasteiger partial charge in [0.1, 0.15) is 21.7 Å². The van der Waals surface area contributed by atoms with E-state index in [1.165, 1.54) is 6.20 Å². The molecule has 1 atom stereocenters. The predicted molar refractivity (Wildman–Crippen MR) is 128 cm³/mol. The van der Waals surface area contributed by atoms with Gasteiger partial charge < -0.3 is 10.5 Å². The lowest BCUT2D eigenvalue weighted by Gasteiger charge is -2.22. The van der Waals surface area contributed by atoms with Crippen molar-refractivity contribution in [2.45, 2.75) is 32.9 Å². The summed E-state index contributed by atoms with van der Waals surface area (Å²) in [6.45, 7) is 5.75. The molecule has 1 unspecified atom stereocenters. The lowest BCUT2D eigenvalue weighted by molar-refractivity contribution is -0.137. The van der Waals surface area contributed by atoms with Gasteiger partial charge in [0.15, 0.2) is 5.82 Å². The molecule has 0 amide bonds. The summed E-state index contributed by atoms with van der Waals surface area (Å²) < 4.78 is 48.5. The molecule has 34 heavy (non-hydrogen) atoms. The molecule has 3 heterocycles. The van der Waals surface area contributed by atoms with Crippen LogP contribution in [-0.2, 0) is 6.18 Å². The van der Waals surface area contributed by atoms with Gasteiger partial charge in [-0.25, -0.2) is 9.97 Å². The lowest BCUT2D eigenvalue weighted by Crippen LogP contribution is -2.09. The number of nitrogens with two attached hydrogens (primary N) is 1. The first-order valence-corrected chi connectivity index (χ1v) is 11.5. The van der Waals surface area contributed by atoms with Gasteiger partial charge in [-0.15, -0.1) is 0 Å². The number of hydrogen-bond donors (Lipinski definition) is 1. The van der Waals surface area contributed by atoms with Crippen molar-refractivity contribution in [3.8, 4) is 16.9 Å². The minimum atomic E-state index is -4.54. The van der Waals surface area contributed by atoms with E-state index in [0.29, 0.717) is 55.8 Å². The maximum atomic E-state index is 13.4. The van der Waals surface area contributed by atoms with Crippen LogP contribution in [0.3, 0.4) is 0 Å². The van der Waals surface area contributed by atoms with E-state index in [1.54, 1.807) is 32.3 Å². The molecule has 6 nitrogen and oxygen atoms in total. The van der Waals surface area contributed by atoms with E-state index < -0.39 is 11.7 Å². The van der Waals surface area contributed by atoms with Crippen LogP contribution in [-0.4, -0.2) is 26.0 Å². The Morgan fingerprint density at radius 3 is 2.68 bits per heavy atom. The number of alkyl halides is 3. The van der Waals surface area contributed by atoms with Crippen molar-refractivity contribution in [3.63, 3.8) is 0 Å². The number of aromatic nitrogens is 4.